The Morgan fingerprint density at radius 3 is 2.61 bits per heavy atom. The molecule has 0 aromatic heterocycles. The van der Waals surface area contributed by atoms with Crippen molar-refractivity contribution in [2.45, 2.75) is 47.9 Å². The number of benzene rings is 3. The number of amides is 1. The first-order valence-corrected chi connectivity index (χ1v) is 11.9. The van der Waals surface area contributed by atoms with Crippen molar-refractivity contribution in [3.63, 3.8) is 0 Å². The number of aliphatic imine (C=N–C) groups is 1. The number of halogens is 1. The Kier molecular flexibility index (Phi) is 5.84. The fourth-order valence-electron chi connectivity index (χ4n) is 4.25. The van der Waals surface area contributed by atoms with E-state index >= 15 is 0 Å². The number of hydrogen-bond donors (Lipinski definition) is 1. The van der Waals surface area contributed by atoms with Crippen molar-refractivity contribution in [1.82, 2.24) is 5.32 Å². The normalized spacial score (nSPS) is 16.0. The molecule has 1 aliphatic heterocycles. The van der Waals surface area contributed by atoms with Crippen molar-refractivity contribution in [2.24, 2.45) is 4.99 Å². The quantitative estimate of drug-likeness (QED) is 0.366. The standard InChI is InChI=1S/C26H23ClN2OS/c27-19-8-6-7-17(15-19)25-21-11-4-5-12-23(21)31-24-14-13-18(16-22(24)29-25)26(30)28-20-9-2-1-3-10-20/h4-8,11-16,20H,1-3,9-10H2,(H,28,30). The number of hydrogen-bond acceptors (Lipinski definition) is 3. The molecule has 31 heavy (non-hydrogen) atoms. The van der Waals surface area contributed by atoms with Crippen molar-refractivity contribution < 1.29 is 4.79 Å². The average molecular weight is 447 g/mol. The van der Waals surface area contributed by atoms with Gasteiger partial charge < -0.3 is 5.32 Å². The van der Waals surface area contributed by atoms with Gasteiger partial charge in [-0.1, -0.05) is 73.0 Å². The highest BCUT2D eigenvalue weighted by molar-refractivity contribution is 7.99. The predicted molar refractivity (Wildman–Crippen MR) is 128 cm³/mol. The van der Waals surface area contributed by atoms with Crippen LogP contribution in [0.4, 0.5) is 5.69 Å². The Hall–Kier alpha value is -2.56. The summed E-state index contributed by atoms with van der Waals surface area (Å²) < 4.78 is 0. The van der Waals surface area contributed by atoms with Gasteiger partial charge in [0, 0.05) is 37.5 Å². The molecule has 5 rings (SSSR count). The molecular formula is C26H23ClN2OS. The van der Waals surface area contributed by atoms with Crippen molar-refractivity contribution in [3.8, 4) is 0 Å². The van der Waals surface area contributed by atoms with Crippen LogP contribution in [0, 0.1) is 0 Å². The number of rotatable bonds is 3. The zero-order valence-corrected chi connectivity index (χ0v) is 18.7. The average Bonchev–Trinajstić information content (AvgIpc) is 2.96. The maximum Gasteiger partial charge on any atom is 0.251 e. The van der Waals surface area contributed by atoms with Crippen LogP contribution < -0.4 is 5.32 Å². The third kappa shape index (κ3) is 4.41. The third-order valence-electron chi connectivity index (χ3n) is 5.85. The van der Waals surface area contributed by atoms with E-state index in [2.05, 4.69) is 17.4 Å². The fourth-order valence-corrected chi connectivity index (χ4v) is 5.45. The molecule has 0 spiro atoms. The second kappa shape index (κ2) is 8.89. The molecule has 3 aromatic carbocycles. The molecule has 1 heterocycles. The van der Waals surface area contributed by atoms with Crippen molar-refractivity contribution in [2.75, 3.05) is 0 Å². The van der Waals surface area contributed by atoms with Crippen molar-refractivity contribution in [1.29, 1.82) is 0 Å². The van der Waals surface area contributed by atoms with E-state index < -0.39 is 0 Å². The second-order valence-electron chi connectivity index (χ2n) is 8.06. The van der Waals surface area contributed by atoms with Gasteiger partial charge in [-0.3, -0.25) is 4.79 Å². The molecule has 3 aromatic rings. The van der Waals surface area contributed by atoms with Crippen LogP contribution in [0.25, 0.3) is 0 Å². The van der Waals surface area contributed by atoms with Gasteiger partial charge in [-0.25, -0.2) is 4.99 Å². The van der Waals surface area contributed by atoms with Gasteiger partial charge in [0.05, 0.1) is 11.4 Å². The zero-order chi connectivity index (χ0) is 21.2. The van der Waals surface area contributed by atoms with Crippen LogP contribution in [0.3, 0.4) is 0 Å². The summed E-state index contributed by atoms with van der Waals surface area (Å²) in [5, 5.41) is 3.89. The van der Waals surface area contributed by atoms with Gasteiger partial charge in [-0.2, -0.15) is 0 Å². The summed E-state index contributed by atoms with van der Waals surface area (Å²) in [4.78, 5) is 20.1. The number of nitrogens with one attached hydrogen (secondary N) is 1. The molecule has 5 heteroatoms. The van der Waals surface area contributed by atoms with E-state index in [-0.39, 0.29) is 11.9 Å². The van der Waals surface area contributed by atoms with E-state index in [0.717, 1.165) is 45.2 Å². The molecule has 0 atom stereocenters. The monoisotopic (exact) mass is 446 g/mol. The molecule has 0 bridgehead atoms. The van der Waals surface area contributed by atoms with Gasteiger partial charge in [0.25, 0.3) is 5.91 Å². The highest BCUT2D eigenvalue weighted by Crippen LogP contribution is 2.41. The minimum Gasteiger partial charge on any atom is -0.349 e. The van der Waals surface area contributed by atoms with E-state index in [1.165, 1.54) is 19.3 Å². The van der Waals surface area contributed by atoms with Crippen LogP contribution in [-0.2, 0) is 0 Å². The summed E-state index contributed by atoms with van der Waals surface area (Å²) in [7, 11) is 0. The molecule has 1 fully saturated rings. The Morgan fingerprint density at radius 2 is 1.77 bits per heavy atom. The summed E-state index contributed by atoms with van der Waals surface area (Å²) >= 11 is 7.96. The Labute approximate surface area is 191 Å². The molecule has 3 nitrogen and oxygen atoms in total. The zero-order valence-electron chi connectivity index (χ0n) is 17.1. The first-order valence-electron chi connectivity index (χ1n) is 10.7. The maximum atomic E-state index is 12.9. The summed E-state index contributed by atoms with van der Waals surface area (Å²) in [6.45, 7) is 0. The summed E-state index contributed by atoms with van der Waals surface area (Å²) in [5.74, 6) is -0.0130. The van der Waals surface area contributed by atoms with E-state index in [4.69, 9.17) is 16.6 Å². The first-order chi connectivity index (χ1) is 15.2. The lowest BCUT2D eigenvalue weighted by Crippen LogP contribution is -2.36. The lowest BCUT2D eigenvalue weighted by Gasteiger charge is -2.22. The number of nitrogens with zero attached hydrogens (tertiary/aromatic N) is 1. The van der Waals surface area contributed by atoms with Crippen LogP contribution in [0.2, 0.25) is 5.02 Å². The minimum absolute atomic E-state index is 0.0130. The van der Waals surface area contributed by atoms with Crippen LogP contribution in [-0.4, -0.2) is 17.7 Å². The van der Waals surface area contributed by atoms with E-state index in [1.54, 1.807) is 11.8 Å². The van der Waals surface area contributed by atoms with E-state index in [9.17, 15) is 4.79 Å². The first kappa shape index (κ1) is 20.3. The maximum absolute atomic E-state index is 12.9. The summed E-state index contributed by atoms with van der Waals surface area (Å²) in [6, 6.07) is 22.1. The van der Waals surface area contributed by atoms with Gasteiger partial charge in [-0.05, 0) is 49.2 Å². The number of fused-ring (bicyclic) bond motifs is 2. The lowest BCUT2D eigenvalue weighted by atomic mass is 9.95. The van der Waals surface area contributed by atoms with E-state index in [1.807, 2.05) is 54.6 Å². The number of carbonyl (C=O) groups is 1. The van der Waals surface area contributed by atoms with Crippen LogP contribution in [0.1, 0.15) is 53.6 Å². The smallest absolute Gasteiger partial charge is 0.251 e. The van der Waals surface area contributed by atoms with E-state index in [0.29, 0.717) is 10.6 Å². The molecule has 1 saturated carbocycles. The molecule has 1 amide bonds. The highest BCUT2D eigenvalue weighted by Gasteiger charge is 2.21. The van der Waals surface area contributed by atoms with Crippen molar-refractivity contribution in [3.05, 3.63) is 88.4 Å². The molecule has 0 saturated heterocycles. The van der Waals surface area contributed by atoms with Crippen LogP contribution >= 0.6 is 23.4 Å². The highest BCUT2D eigenvalue weighted by atomic mass is 35.5. The fraction of sp³-hybridized carbons (Fsp3) is 0.231. The van der Waals surface area contributed by atoms with Gasteiger partial charge in [0.2, 0.25) is 0 Å². The number of carbonyl (C=O) groups excluding carboxylic acids is 1. The molecule has 156 valence electrons. The largest absolute Gasteiger partial charge is 0.349 e. The van der Waals surface area contributed by atoms with Crippen LogP contribution in [0.5, 0.6) is 0 Å². The molecule has 0 unspecified atom stereocenters. The Morgan fingerprint density at radius 1 is 0.935 bits per heavy atom. The molecular weight excluding hydrogens is 424 g/mol. The second-order valence-corrected chi connectivity index (χ2v) is 9.58. The predicted octanol–water partition coefficient (Wildman–Crippen LogP) is 7.04. The van der Waals surface area contributed by atoms with Crippen molar-refractivity contribution >= 4 is 40.7 Å². The SMILES string of the molecule is O=C(NC1CCCCC1)c1ccc2c(c1)N=C(c1cccc(Cl)c1)c1ccccc1S2. The Balaban J connectivity index is 1.55. The molecule has 0 radical (unpaired) electrons. The lowest BCUT2D eigenvalue weighted by molar-refractivity contribution is 0.0927. The third-order valence-corrected chi connectivity index (χ3v) is 7.23. The molecule has 1 aliphatic carbocycles. The molecule has 1 N–H and O–H groups in total. The van der Waals surface area contributed by atoms with Gasteiger partial charge in [0.15, 0.2) is 0 Å². The minimum atomic E-state index is -0.0130. The molecule has 2 aliphatic rings. The van der Waals surface area contributed by atoms with Gasteiger partial charge >= 0.3 is 0 Å². The summed E-state index contributed by atoms with van der Waals surface area (Å²) in [6.07, 6.45) is 5.79. The van der Waals surface area contributed by atoms with Gasteiger partial charge in [0.1, 0.15) is 0 Å². The van der Waals surface area contributed by atoms with Gasteiger partial charge in [-0.15, -0.1) is 0 Å². The topological polar surface area (TPSA) is 41.5 Å². The Bertz CT molecular complexity index is 1170. The summed E-state index contributed by atoms with van der Waals surface area (Å²) in [5.41, 5.74) is 4.37. The van der Waals surface area contributed by atoms with Crippen LogP contribution in [0.15, 0.2) is 81.5 Å².